The van der Waals surface area contributed by atoms with Crippen LogP contribution in [0.2, 0.25) is 0 Å². The molecule has 1 amide bonds. The largest absolute Gasteiger partial charge is 0.386 e. The highest BCUT2D eigenvalue weighted by Gasteiger charge is 2.23. The van der Waals surface area contributed by atoms with Crippen molar-refractivity contribution >= 4 is 23.6 Å². The van der Waals surface area contributed by atoms with Gasteiger partial charge in [-0.2, -0.15) is 5.10 Å². The van der Waals surface area contributed by atoms with Crippen molar-refractivity contribution in [2.24, 2.45) is 5.16 Å². The lowest BCUT2D eigenvalue weighted by atomic mass is 10.2. The van der Waals surface area contributed by atoms with E-state index in [2.05, 4.69) is 20.5 Å². The van der Waals surface area contributed by atoms with Gasteiger partial charge in [-0.15, -0.1) is 0 Å². The predicted molar refractivity (Wildman–Crippen MR) is 118 cm³/mol. The smallest absolute Gasteiger partial charge is 0.265 e. The third-order valence-electron chi connectivity index (χ3n) is 5.14. The number of aromatic nitrogens is 2. The van der Waals surface area contributed by atoms with Gasteiger partial charge in [-0.3, -0.25) is 4.79 Å². The number of aryl methyl sites for hydroxylation is 1. The van der Waals surface area contributed by atoms with Crippen molar-refractivity contribution in [2.75, 3.05) is 29.9 Å². The number of oxime groups is 1. The monoisotopic (exact) mass is 439 g/mol. The van der Waals surface area contributed by atoms with Gasteiger partial charge in [-0.1, -0.05) is 23.4 Å². The predicted octanol–water partition coefficient (Wildman–Crippen LogP) is 4.05. The van der Waals surface area contributed by atoms with Gasteiger partial charge in [0.2, 0.25) is 0 Å². The van der Waals surface area contributed by atoms with Crippen LogP contribution in [0.4, 0.5) is 20.3 Å². The summed E-state index contributed by atoms with van der Waals surface area (Å²) in [5, 5.41) is 11.0. The van der Waals surface area contributed by atoms with Crippen LogP contribution in [0, 0.1) is 18.6 Å². The van der Waals surface area contributed by atoms with E-state index in [1.165, 1.54) is 0 Å². The molecule has 4 rings (SSSR count). The van der Waals surface area contributed by atoms with Crippen LogP contribution in [-0.4, -0.2) is 41.6 Å². The Labute approximate surface area is 184 Å². The normalized spacial score (nSPS) is 13.7. The lowest BCUT2D eigenvalue weighted by molar-refractivity contribution is -0.120. The number of benzene rings is 2. The van der Waals surface area contributed by atoms with Crippen molar-refractivity contribution in [2.45, 2.75) is 19.8 Å². The number of carbonyl (C=O) groups is 1. The van der Waals surface area contributed by atoms with Gasteiger partial charge in [0.1, 0.15) is 17.5 Å². The maximum atomic E-state index is 13.7. The fourth-order valence-corrected chi connectivity index (χ4v) is 3.62. The van der Waals surface area contributed by atoms with Crippen molar-refractivity contribution in [1.29, 1.82) is 0 Å². The number of hydrogen-bond acceptors (Lipinski definition) is 5. The average Bonchev–Trinajstić information content (AvgIpc) is 3.42. The first kappa shape index (κ1) is 21.5. The van der Waals surface area contributed by atoms with E-state index in [1.807, 2.05) is 41.9 Å². The molecule has 3 aromatic rings. The van der Waals surface area contributed by atoms with E-state index in [4.69, 9.17) is 4.84 Å². The first-order valence-electron chi connectivity index (χ1n) is 10.3. The summed E-state index contributed by atoms with van der Waals surface area (Å²) in [4.78, 5) is 19.4. The topological polar surface area (TPSA) is 71.8 Å². The molecule has 0 atom stereocenters. The van der Waals surface area contributed by atoms with Crippen LogP contribution >= 0.6 is 0 Å². The summed E-state index contributed by atoms with van der Waals surface area (Å²) in [5.41, 5.74) is 2.40. The maximum absolute atomic E-state index is 13.7. The number of hydrogen-bond donors (Lipinski definition) is 1. The first-order chi connectivity index (χ1) is 15.5. The molecular formula is C23H23F2N5O2. The van der Waals surface area contributed by atoms with Crippen molar-refractivity contribution in [3.8, 4) is 5.69 Å². The second-order valence-corrected chi connectivity index (χ2v) is 7.44. The Hall–Kier alpha value is -3.75. The molecule has 0 aliphatic carbocycles. The summed E-state index contributed by atoms with van der Waals surface area (Å²) >= 11 is 0. The summed E-state index contributed by atoms with van der Waals surface area (Å²) in [7, 11) is 0. The van der Waals surface area contributed by atoms with Crippen LogP contribution in [0.5, 0.6) is 0 Å². The van der Waals surface area contributed by atoms with E-state index < -0.39 is 24.1 Å². The maximum Gasteiger partial charge on any atom is 0.265 e. The molecule has 0 spiro atoms. The van der Waals surface area contributed by atoms with Crippen LogP contribution in [0.1, 0.15) is 24.1 Å². The van der Waals surface area contributed by atoms with Gasteiger partial charge in [0.15, 0.2) is 6.61 Å². The molecule has 166 valence electrons. The molecule has 7 nitrogen and oxygen atoms in total. The number of amides is 1. The fourth-order valence-electron chi connectivity index (χ4n) is 3.62. The fraction of sp³-hybridized carbons (Fsp3) is 0.261. The zero-order valence-electron chi connectivity index (χ0n) is 17.6. The molecule has 2 aromatic carbocycles. The van der Waals surface area contributed by atoms with Crippen molar-refractivity contribution in [3.05, 3.63) is 71.4 Å². The molecule has 0 unspecified atom stereocenters. The number of nitrogens with one attached hydrogen (secondary N) is 1. The number of rotatable bonds is 7. The second kappa shape index (κ2) is 9.59. The lowest BCUT2D eigenvalue weighted by Crippen LogP contribution is -2.22. The van der Waals surface area contributed by atoms with Crippen LogP contribution < -0.4 is 10.2 Å². The molecule has 1 aliphatic rings. The van der Waals surface area contributed by atoms with Crippen LogP contribution in [0.15, 0.2) is 53.7 Å². The van der Waals surface area contributed by atoms with E-state index in [1.54, 1.807) is 6.21 Å². The second-order valence-electron chi connectivity index (χ2n) is 7.44. The Morgan fingerprint density at radius 2 is 1.94 bits per heavy atom. The molecule has 0 saturated carbocycles. The summed E-state index contributed by atoms with van der Waals surface area (Å²) in [5.74, 6) is -1.26. The number of carbonyl (C=O) groups excluding carboxylic acids is 1. The first-order valence-corrected chi connectivity index (χ1v) is 10.3. The quantitative estimate of drug-likeness (QED) is 0.445. The Morgan fingerprint density at radius 1 is 1.19 bits per heavy atom. The van der Waals surface area contributed by atoms with E-state index >= 15 is 0 Å². The Balaban J connectivity index is 1.47. The zero-order valence-corrected chi connectivity index (χ0v) is 17.6. The van der Waals surface area contributed by atoms with Gasteiger partial charge >= 0.3 is 0 Å². The highest BCUT2D eigenvalue weighted by Crippen LogP contribution is 2.29. The standard InChI is InChI=1S/C23H23F2N5O2/c1-16-19(14-26-32-15-22(31)27-21-10-9-17(24)13-20(21)25)23(29-11-5-6-12-29)30(28-16)18-7-3-2-4-8-18/h2-4,7-10,13-14H,5-6,11-12,15H2,1H3,(H,27,31)/b26-14-. The minimum Gasteiger partial charge on any atom is -0.386 e. The van der Waals surface area contributed by atoms with Gasteiger partial charge in [0.05, 0.1) is 28.8 Å². The van der Waals surface area contributed by atoms with Crippen LogP contribution in [-0.2, 0) is 9.63 Å². The number of para-hydroxylation sites is 1. The van der Waals surface area contributed by atoms with Crippen molar-refractivity contribution < 1.29 is 18.4 Å². The SMILES string of the molecule is Cc1nn(-c2ccccc2)c(N2CCCC2)c1/C=N\OCC(=O)Nc1ccc(F)cc1F. The third kappa shape index (κ3) is 4.77. The zero-order chi connectivity index (χ0) is 22.5. The van der Waals surface area contributed by atoms with E-state index in [-0.39, 0.29) is 5.69 Å². The lowest BCUT2D eigenvalue weighted by Gasteiger charge is -2.20. The highest BCUT2D eigenvalue weighted by molar-refractivity contribution is 5.92. The Kier molecular flexibility index (Phi) is 6.44. The van der Waals surface area contributed by atoms with Gasteiger partial charge in [0, 0.05) is 19.2 Å². The highest BCUT2D eigenvalue weighted by atomic mass is 19.1. The third-order valence-corrected chi connectivity index (χ3v) is 5.14. The molecule has 0 bridgehead atoms. The van der Waals surface area contributed by atoms with E-state index in [0.29, 0.717) is 6.07 Å². The molecular weight excluding hydrogens is 416 g/mol. The molecule has 9 heteroatoms. The van der Waals surface area contributed by atoms with Crippen molar-refractivity contribution in [3.63, 3.8) is 0 Å². The molecule has 0 radical (unpaired) electrons. The van der Waals surface area contributed by atoms with E-state index in [9.17, 15) is 13.6 Å². The summed E-state index contributed by atoms with van der Waals surface area (Å²) in [6, 6.07) is 12.8. The minimum atomic E-state index is -0.860. The Morgan fingerprint density at radius 3 is 2.66 bits per heavy atom. The van der Waals surface area contributed by atoms with Gasteiger partial charge < -0.3 is 15.1 Å². The van der Waals surface area contributed by atoms with Gasteiger partial charge in [-0.05, 0) is 44.0 Å². The van der Waals surface area contributed by atoms with E-state index in [0.717, 1.165) is 60.8 Å². The molecule has 1 fully saturated rings. The summed E-state index contributed by atoms with van der Waals surface area (Å²) in [6.45, 7) is 3.32. The van der Waals surface area contributed by atoms with Crippen LogP contribution in [0.3, 0.4) is 0 Å². The minimum absolute atomic E-state index is 0.125. The molecule has 2 heterocycles. The number of anilines is 2. The molecule has 1 aromatic heterocycles. The van der Waals surface area contributed by atoms with Gasteiger partial charge in [-0.25, -0.2) is 13.5 Å². The van der Waals surface area contributed by atoms with Crippen molar-refractivity contribution in [1.82, 2.24) is 9.78 Å². The Bertz CT molecular complexity index is 1120. The molecule has 32 heavy (non-hydrogen) atoms. The van der Waals surface area contributed by atoms with Crippen LogP contribution in [0.25, 0.3) is 5.69 Å². The van der Waals surface area contributed by atoms with Gasteiger partial charge in [0.25, 0.3) is 5.91 Å². The molecule has 1 aliphatic heterocycles. The summed E-state index contributed by atoms with van der Waals surface area (Å²) < 4.78 is 28.5. The average molecular weight is 439 g/mol. The summed E-state index contributed by atoms with van der Waals surface area (Å²) in [6.07, 6.45) is 3.75. The molecule has 1 N–H and O–H groups in total. The molecule has 1 saturated heterocycles. The number of halogens is 2. The number of nitrogens with zero attached hydrogens (tertiary/aromatic N) is 4.